The Bertz CT molecular complexity index is 804. The first-order chi connectivity index (χ1) is 12.9. The summed E-state index contributed by atoms with van der Waals surface area (Å²) in [7, 11) is 5.71. The van der Waals surface area contributed by atoms with Gasteiger partial charge in [-0.05, 0) is 67.9 Å². The number of carbonyl (C=O) groups is 1. The molecule has 0 radical (unpaired) electrons. The number of methoxy groups -OCH3 is 1. The van der Waals surface area contributed by atoms with Gasteiger partial charge in [-0.3, -0.25) is 4.79 Å². The lowest BCUT2D eigenvalue weighted by molar-refractivity contribution is -0.122. The first-order valence-electron chi connectivity index (χ1n) is 9.29. The molecule has 2 atom stereocenters. The van der Waals surface area contributed by atoms with E-state index in [4.69, 9.17) is 16.3 Å². The summed E-state index contributed by atoms with van der Waals surface area (Å²) >= 11 is 6.28. The molecule has 1 amide bonds. The maximum absolute atomic E-state index is 13.4. The molecule has 0 saturated heterocycles. The van der Waals surface area contributed by atoms with Gasteiger partial charge in [-0.1, -0.05) is 30.7 Å². The lowest BCUT2D eigenvalue weighted by atomic mass is 9.83. The molecule has 144 valence electrons. The van der Waals surface area contributed by atoms with Gasteiger partial charge in [-0.25, -0.2) is 0 Å². The summed E-state index contributed by atoms with van der Waals surface area (Å²) in [5.74, 6) is 0.970. The molecule has 1 aliphatic rings. The van der Waals surface area contributed by atoms with Gasteiger partial charge in [0, 0.05) is 29.7 Å². The highest BCUT2D eigenvalue weighted by atomic mass is 35.5. The van der Waals surface area contributed by atoms with Crippen molar-refractivity contribution in [1.29, 1.82) is 0 Å². The first-order valence-corrected chi connectivity index (χ1v) is 9.67. The molecule has 1 aliphatic heterocycles. The second-order valence-electron chi connectivity index (χ2n) is 7.44. The van der Waals surface area contributed by atoms with E-state index < -0.39 is 0 Å². The van der Waals surface area contributed by atoms with E-state index >= 15 is 0 Å². The number of fused-ring (bicyclic) bond motifs is 1. The third-order valence-corrected chi connectivity index (χ3v) is 5.58. The zero-order valence-corrected chi connectivity index (χ0v) is 17.2. The van der Waals surface area contributed by atoms with E-state index in [9.17, 15) is 4.79 Å². The van der Waals surface area contributed by atoms with Crippen LogP contribution in [0.1, 0.15) is 24.0 Å². The normalized spacial score (nSPS) is 19.8. The number of nitrogens with zero attached hydrogens (tertiary/aromatic N) is 2. The van der Waals surface area contributed by atoms with Crippen LogP contribution in [0.2, 0.25) is 5.02 Å². The lowest BCUT2D eigenvalue weighted by Crippen LogP contribution is -2.40. The molecule has 0 N–H and O–H groups in total. The van der Waals surface area contributed by atoms with Crippen LogP contribution in [0.15, 0.2) is 42.5 Å². The molecule has 3 rings (SSSR count). The summed E-state index contributed by atoms with van der Waals surface area (Å²) in [6, 6.07) is 13.9. The second-order valence-corrected chi connectivity index (χ2v) is 7.88. The minimum Gasteiger partial charge on any atom is -0.497 e. The van der Waals surface area contributed by atoms with Crippen molar-refractivity contribution < 1.29 is 9.53 Å². The molecule has 0 fully saturated rings. The number of benzene rings is 2. The number of ether oxygens (including phenoxy) is 1. The van der Waals surface area contributed by atoms with Crippen LogP contribution in [0.25, 0.3) is 0 Å². The average Bonchev–Trinajstić information content (AvgIpc) is 2.75. The first kappa shape index (κ1) is 19.7. The Kier molecular flexibility index (Phi) is 6.08. The monoisotopic (exact) mass is 386 g/mol. The molecule has 1 heterocycles. The molecule has 5 heteroatoms. The van der Waals surface area contributed by atoms with Gasteiger partial charge in [0.1, 0.15) is 5.75 Å². The van der Waals surface area contributed by atoms with Gasteiger partial charge >= 0.3 is 0 Å². The van der Waals surface area contributed by atoms with Crippen LogP contribution in [-0.4, -0.2) is 45.1 Å². The van der Waals surface area contributed by atoms with Gasteiger partial charge in [0.15, 0.2) is 0 Å². The van der Waals surface area contributed by atoms with E-state index in [0.29, 0.717) is 11.6 Å². The Morgan fingerprint density at radius 2 is 1.89 bits per heavy atom. The van der Waals surface area contributed by atoms with Crippen molar-refractivity contribution in [3.8, 4) is 5.75 Å². The molecule has 0 bridgehead atoms. The van der Waals surface area contributed by atoms with Gasteiger partial charge in [-0.2, -0.15) is 0 Å². The summed E-state index contributed by atoms with van der Waals surface area (Å²) in [5.41, 5.74) is 3.26. The van der Waals surface area contributed by atoms with Crippen molar-refractivity contribution in [2.24, 2.45) is 5.92 Å². The third kappa shape index (κ3) is 4.28. The number of amides is 1. The van der Waals surface area contributed by atoms with E-state index in [-0.39, 0.29) is 17.7 Å². The SMILES string of the molecule is COc1ccc(C2Cc3cc(Cl)ccc3N(CCN(C)C)C(=O)C2C)cc1. The molecule has 0 saturated carbocycles. The summed E-state index contributed by atoms with van der Waals surface area (Å²) in [5, 5.41) is 0.705. The second kappa shape index (κ2) is 8.32. The highest BCUT2D eigenvalue weighted by Crippen LogP contribution is 2.39. The topological polar surface area (TPSA) is 32.8 Å². The summed E-state index contributed by atoms with van der Waals surface area (Å²) < 4.78 is 5.28. The van der Waals surface area contributed by atoms with Gasteiger partial charge in [-0.15, -0.1) is 0 Å². The van der Waals surface area contributed by atoms with Crippen LogP contribution < -0.4 is 9.64 Å². The standard InChI is InChI=1S/C22H27ClN2O2/c1-15-20(16-5-8-19(27-4)9-6-16)14-17-13-18(23)7-10-21(17)25(22(15)26)12-11-24(2)3/h5-10,13,15,20H,11-12,14H2,1-4H3. The number of halogens is 1. The zero-order chi connectivity index (χ0) is 19.6. The highest BCUT2D eigenvalue weighted by molar-refractivity contribution is 6.30. The van der Waals surface area contributed by atoms with Crippen molar-refractivity contribution >= 4 is 23.2 Å². The Balaban J connectivity index is 2.01. The van der Waals surface area contributed by atoms with E-state index in [2.05, 4.69) is 17.0 Å². The Morgan fingerprint density at radius 3 is 2.52 bits per heavy atom. The van der Waals surface area contributed by atoms with Crippen molar-refractivity contribution in [1.82, 2.24) is 4.90 Å². The molecule has 2 aromatic carbocycles. The minimum atomic E-state index is -0.119. The molecule has 2 aromatic rings. The maximum Gasteiger partial charge on any atom is 0.230 e. The van der Waals surface area contributed by atoms with Crippen molar-refractivity contribution in [3.05, 3.63) is 58.6 Å². The summed E-state index contributed by atoms with van der Waals surface area (Å²) in [6.07, 6.45) is 0.785. The molecular weight excluding hydrogens is 360 g/mol. The molecule has 0 aromatic heterocycles. The lowest BCUT2D eigenvalue weighted by Gasteiger charge is -2.27. The third-order valence-electron chi connectivity index (χ3n) is 5.35. The zero-order valence-electron chi connectivity index (χ0n) is 16.4. The van der Waals surface area contributed by atoms with Crippen LogP contribution in [0.4, 0.5) is 5.69 Å². The van der Waals surface area contributed by atoms with Crippen molar-refractivity contribution in [3.63, 3.8) is 0 Å². The van der Waals surface area contributed by atoms with Crippen LogP contribution in [0.3, 0.4) is 0 Å². The number of anilines is 1. The summed E-state index contributed by atoms with van der Waals surface area (Å²) in [4.78, 5) is 17.4. The van der Waals surface area contributed by atoms with Gasteiger partial charge in [0.05, 0.1) is 7.11 Å². The quantitative estimate of drug-likeness (QED) is 0.771. The van der Waals surface area contributed by atoms with Crippen LogP contribution in [-0.2, 0) is 11.2 Å². The van der Waals surface area contributed by atoms with Gasteiger partial charge in [0.25, 0.3) is 0 Å². The van der Waals surface area contributed by atoms with Crippen molar-refractivity contribution in [2.45, 2.75) is 19.3 Å². The number of hydrogen-bond donors (Lipinski definition) is 0. The van der Waals surface area contributed by atoms with Gasteiger partial charge in [0.2, 0.25) is 5.91 Å². The smallest absolute Gasteiger partial charge is 0.230 e. The molecule has 2 unspecified atom stereocenters. The summed E-state index contributed by atoms with van der Waals surface area (Å²) in [6.45, 7) is 3.52. The molecule has 0 aliphatic carbocycles. The largest absolute Gasteiger partial charge is 0.497 e. The predicted molar refractivity (Wildman–Crippen MR) is 111 cm³/mol. The maximum atomic E-state index is 13.4. The molecular formula is C22H27ClN2O2. The molecule has 27 heavy (non-hydrogen) atoms. The fourth-order valence-corrected chi connectivity index (χ4v) is 3.91. The van der Waals surface area contributed by atoms with E-state index in [1.807, 2.05) is 56.3 Å². The number of likely N-dealkylation sites (N-methyl/N-ethyl adjacent to an activating group) is 1. The Hall–Kier alpha value is -2.04. The minimum absolute atomic E-state index is 0.102. The number of carbonyl (C=O) groups excluding carboxylic acids is 1. The van der Waals surface area contributed by atoms with Crippen LogP contribution >= 0.6 is 11.6 Å². The van der Waals surface area contributed by atoms with Crippen molar-refractivity contribution in [2.75, 3.05) is 39.2 Å². The van der Waals surface area contributed by atoms with E-state index in [0.717, 1.165) is 35.5 Å². The molecule has 4 nitrogen and oxygen atoms in total. The average molecular weight is 387 g/mol. The van der Waals surface area contributed by atoms with E-state index in [1.54, 1.807) is 7.11 Å². The fraction of sp³-hybridized carbons (Fsp3) is 0.409. The van der Waals surface area contributed by atoms with Gasteiger partial charge < -0.3 is 14.5 Å². The fourth-order valence-electron chi connectivity index (χ4n) is 3.72. The van der Waals surface area contributed by atoms with E-state index in [1.165, 1.54) is 0 Å². The van der Waals surface area contributed by atoms with Crippen LogP contribution in [0.5, 0.6) is 5.75 Å². The molecule has 0 spiro atoms. The number of rotatable bonds is 5. The van der Waals surface area contributed by atoms with Crippen LogP contribution in [0, 0.1) is 5.92 Å². The predicted octanol–water partition coefficient (Wildman–Crippen LogP) is 4.22. The Morgan fingerprint density at radius 1 is 1.19 bits per heavy atom. The Labute approximate surface area is 166 Å². The number of hydrogen-bond acceptors (Lipinski definition) is 3. The highest BCUT2D eigenvalue weighted by Gasteiger charge is 2.35.